The maximum absolute atomic E-state index is 12.5. The minimum Gasteiger partial charge on any atom is -0.493 e. The Hall–Kier alpha value is -5.54. The molecule has 0 radical (unpaired) electrons. The lowest BCUT2D eigenvalue weighted by atomic mass is 9.95. The van der Waals surface area contributed by atoms with Crippen LogP contribution in [0.25, 0.3) is 0 Å². The molecule has 0 fully saturated rings. The van der Waals surface area contributed by atoms with Gasteiger partial charge in [0.15, 0.2) is 29.2 Å². The topological polar surface area (TPSA) is 192 Å². The van der Waals surface area contributed by atoms with Crippen LogP contribution in [-0.4, -0.2) is 61.9 Å². The number of carbonyl (C=O) groups excluding carboxylic acids is 2. The number of urea groups is 1. The van der Waals surface area contributed by atoms with Gasteiger partial charge in [-0.2, -0.15) is 5.10 Å². The molecule has 0 bridgehead atoms. The maximum Gasteiger partial charge on any atom is 0.337 e. The van der Waals surface area contributed by atoms with Gasteiger partial charge >= 0.3 is 12.0 Å². The van der Waals surface area contributed by atoms with Crippen LogP contribution in [0.15, 0.2) is 71.0 Å². The van der Waals surface area contributed by atoms with E-state index in [0.29, 0.717) is 46.2 Å². The Kier molecular flexibility index (Phi) is 12.0. The van der Waals surface area contributed by atoms with Gasteiger partial charge in [0.05, 0.1) is 48.6 Å². The normalized spacial score (nSPS) is 14.9. The number of nitro benzene ring substituents is 1. The molecule has 4 N–H and O–H groups in total. The molecule has 2 amide bonds. The van der Waals surface area contributed by atoms with Gasteiger partial charge in [0.2, 0.25) is 0 Å². The van der Waals surface area contributed by atoms with Gasteiger partial charge in [-0.05, 0) is 54.8 Å². The zero-order valence-corrected chi connectivity index (χ0v) is 27.2. The van der Waals surface area contributed by atoms with Crippen molar-refractivity contribution in [3.05, 3.63) is 97.7 Å². The minimum absolute atomic E-state index is 0.0204. The van der Waals surface area contributed by atoms with Gasteiger partial charge in [-0.15, -0.1) is 0 Å². The molecule has 0 saturated heterocycles. The summed E-state index contributed by atoms with van der Waals surface area (Å²) in [5.74, 6) is 0.591. The first-order valence-corrected chi connectivity index (χ1v) is 14.9. The summed E-state index contributed by atoms with van der Waals surface area (Å²) in [6, 6.07) is 12.9. The average molecular weight is 684 g/mol. The number of allylic oxidation sites excluding steroid dienone is 1. The van der Waals surface area contributed by atoms with Crippen LogP contribution in [0.1, 0.15) is 36.6 Å². The number of halogens is 1. The standard InChI is InChI=1S/C32H34ClN5O10/c1-5-46-25-14-21(29-28(31(40)45-4)18(2)35-32(41)36-29)9-10-24(25)47-17-27(39)37-34-15-20-12-23(33)30(26(13-20)44-3)48-16-19-7-6-8-22(11-19)38(42)43/h6-15,27,29,37,39H,5,16-17H2,1-4H3,(H2,35,36,41)/b34-15-/t27-,29+/m1/s1. The van der Waals surface area contributed by atoms with Crippen molar-refractivity contribution >= 4 is 35.5 Å². The number of nitrogens with one attached hydrogen (secondary N) is 3. The third kappa shape index (κ3) is 8.83. The average Bonchev–Trinajstić information content (AvgIpc) is 3.06. The van der Waals surface area contributed by atoms with E-state index in [1.54, 1.807) is 56.3 Å². The molecule has 1 aliphatic heterocycles. The number of carbonyl (C=O) groups is 2. The zero-order chi connectivity index (χ0) is 34.8. The van der Waals surface area contributed by atoms with Gasteiger partial charge in [0.25, 0.3) is 5.69 Å². The van der Waals surface area contributed by atoms with E-state index in [1.807, 2.05) is 0 Å². The number of nitrogens with zero attached hydrogens (tertiary/aromatic N) is 2. The molecular formula is C32H34ClN5O10. The Labute approximate surface area is 280 Å². The highest BCUT2D eigenvalue weighted by atomic mass is 35.5. The van der Waals surface area contributed by atoms with Crippen LogP contribution in [-0.2, 0) is 16.1 Å². The predicted octanol–water partition coefficient (Wildman–Crippen LogP) is 4.36. The van der Waals surface area contributed by atoms with Crippen molar-refractivity contribution in [1.29, 1.82) is 0 Å². The number of methoxy groups -OCH3 is 2. The van der Waals surface area contributed by atoms with Crippen LogP contribution >= 0.6 is 11.6 Å². The lowest BCUT2D eigenvalue weighted by molar-refractivity contribution is -0.384. The van der Waals surface area contributed by atoms with E-state index in [4.69, 9.17) is 35.3 Å². The molecule has 3 aromatic rings. The Morgan fingerprint density at radius 1 is 1.12 bits per heavy atom. The Balaban J connectivity index is 1.39. The summed E-state index contributed by atoms with van der Waals surface area (Å²) in [5.41, 5.74) is 4.77. The van der Waals surface area contributed by atoms with Crippen molar-refractivity contribution in [3.8, 4) is 23.0 Å². The highest BCUT2D eigenvalue weighted by Gasteiger charge is 2.32. The summed E-state index contributed by atoms with van der Waals surface area (Å²) >= 11 is 6.44. The zero-order valence-electron chi connectivity index (χ0n) is 26.4. The second kappa shape index (κ2) is 16.3. The largest absolute Gasteiger partial charge is 0.493 e. The van der Waals surface area contributed by atoms with E-state index in [-0.39, 0.29) is 35.2 Å². The fourth-order valence-electron chi connectivity index (χ4n) is 4.69. The molecule has 3 aromatic carbocycles. The second-order valence-corrected chi connectivity index (χ2v) is 10.6. The molecule has 48 heavy (non-hydrogen) atoms. The Bertz CT molecular complexity index is 1730. The highest BCUT2D eigenvalue weighted by molar-refractivity contribution is 6.32. The van der Waals surface area contributed by atoms with E-state index < -0.39 is 29.2 Å². The van der Waals surface area contributed by atoms with E-state index in [1.165, 1.54) is 32.6 Å². The number of hydrogen-bond donors (Lipinski definition) is 4. The molecule has 0 saturated carbocycles. The lowest BCUT2D eigenvalue weighted by Gasteiger charge is -2.28. The monoisotopic (exact) mass is 683 g/mol. The molecule has 0 aromatic heterocycles. The van der Waals surface area contributed by atoms with Crippen LogP contribution in [0.3, 0.4) is 0 Å². The molecule has 1 aliphatic rings. The van der Waals surface area contributed by atoms with E-state index in [2.05, 4.69) is 21.2 Å². The molecule has 0 spiro atoms. The molecule has 1 heterocycles. The fourth-order valence-corrected chi connectivity index (χ4v) is 4.96. The van der Waals surface area contributed by atoms with Crippen molar-refractivity contribution < 1.29 is 43.3 Å². The summed E-state index contributed by atoms with van der Waals surface area (Å²) in [4.78, 5) is 35.2. The van der Waals surface area contributed by atoms with Gasteiger partial charge in [0.1, 0.15) is 13.2 Å². The first-order chi connectivity index (χ1) is 23.0. The van der Waals surface area contributed by atoms with E-state index in [9.17, 15) is 24.8 Å². The Morgan fingerprint density at radius 2 is 1.92 bits per heavy atom. The van der Waals surface area contributed by atoms with E-state index in [0.717, 1.165) is 0 Å². The summed E-state index contributed by atoms with van der Waals surface area (Å²) in [6.45, 7) is 3.49. The number of nitro groups is 1. The number of aliphatic hydroxyl groups excluding tert-OH is 1. The third-order valence-corrected chi connectivity index (χ3v) is 7.15. The van der Waals surface area contributed by atoms with Crippen LogP contribution in [0.4, 0.5) is 10.5 Å². The van der Waals surface area contributed by atoms with Crippen molar-refractivity contribution in [2.75, 3.05) is 27.4 Å². The highest BCUT2D eigenvalue weighted by Crippen LogP contribution is 2.37. The van der Waals surface area contributed by atoms with Gasteiger partial charge in [-0.3, -0.25) is 15.5 Å². The minimum atomic E-state index is -1.23. The molecule has 0 unspecified atom stereocenters. The number of hydrazone groups is 1. The quantitative estimate of drug-likeness (QED) is 0.0585. The number of amides is 2. The molecule has 2 atom stereocenters. The van der Waals surface area contributed by atoms with Gasteiger partial charge in [-0.1, -0.05) is 29.8 Å². The SMILES string of the molecule is CCOc1cc([C@@H]2NC(=O)NC(C)=C2C(=O)OC)ccc1OC[C@@H](O)N/N=C\c1cc(Cl)c(OCc2cccc([N+](=O)[O-])c2)c(OC)c1. The first kappa shape index (κ1) is 35.3. The summed E-state index contributed by atoms with van der Waals surface area (Å²) in [6.07, 6.45) is 0.176. The molecular weight excluding hydrogens is 650 g/mol. The molecule has 15 nitrogen and oxygen atoms in total. The number of non-ortho nitro benzene ring substituents is 1. The van der Waals surface area contributed by atoms with Gasteiger partial charge < -0.3 is 39.4 Å². The van der Waals surface area contributed by atoms with Crippen LogP contribution in [0.5, 0.6) is 23.0 Å². The Morgan fingerprint density at radius 3 is 2.62 bits per heavy atom. The molecule has 16 heteroatoms. The smallest absolute Gasteiger partial charge is 0.337 e. The van der Waals surface area contributed by atoms with Crippen molar-refractivity contribution in [3.63, 3.8) is 0 Å². The summed E-state index contributed by atoms with van der Waals surface area (Å²) in [7, 11) is 2.69. The van der Waals surface area contributed by atoms with Crippen LogP contribution in [0, 0.1) is 10.1 Å². The maximum atomic E-state index is 12.5. The third-order valence-electron chi connectivity index (χ3n) is 6.87. The van der Waals surface area contributed by atoms with Gasteiger partial charge in [0, 0.05) is 17.8 Å². The van der Waals surface area contributed by atoms with Crippen molar-refractivity contribution in [1.82, 2.24) is 16.1 Å². The number of rotatable bonds is 15. The van der Waals surface area contributed by atoms with Crippen molar-refractivity contribution in [2.45, 2.75) is 32.7 Å². The fraction of sp³-hybridized carbons (Fsp3) is 0.281. The number of aliphatic hydroxyl groups is 1. The summed E-state index contributed by atoms with van der Waals surface area (Å²) in [5, 5.41) is 31.1. The second-order valence-electron chi connectivity index (χ2n) is 10.2. The van der Waals surface area contributed by atoms with Crippen LogP contribution in [0.2, 0.25) is 5.02 Å². The predicted molar refractivity (Wildman–Crippen MR) is 174 cm³/mol. The number of ether oxygens (including phenoxy) is 5. The summed E-state index contributed by atoms with van der Waals surface area (Å²) < 4.78 is 27.6. The lowest BCUT2D eigenvalue weighted by Crippen LogP contribution is -2.45. The van der Waals surface area contributed by atoms with Gasteiger partial charge in [-0.25, -0.2) is 9.59 Å². The molecule has 0 aliphatic carbocycles. The van der Waals surface area contributed by atoms with Crippen molar-refractivity contribution in [2.24, 2.45) is 5.10 Å². The van der Waals surface area contributed by atoms with E-state index >= 15 is 0 Å². The number of esters is 1. The number of hydrogen-bond acceptors (Lipinski definition) is 12. The first-order valence-electron chi connectivity index (χ1n) is 14.5. The number of benzene rings is 3. The van der Waals surface area contributed by atoms with Crippen LogP contribution < -0.4 is 35.0 Å². The molecule has 254 valence electrons. The molecule has 4 rings (SSSR count).